The number of nitrogens with zero attached hydrogens (tertiary/aromatic N) is 4. The molecular formula is C61H55N4O8+. The maximum Gasteiger partial charge on any atom is 0.250 e. The molecule has 1 aliphatic rings. The molecule has 0 saturated carbocycles. The molecule has 2 aromatic heterocycles. The molecule has 3 heterocycles. The number of benzene rings is 7. The molecule has 0 fully saturated rings. The molecule has 0 aliphatic carbocycles. The number of para-hydroxylation sites is 4. The number of rotatable bonds is 11. The van der Waals surface area contributed by atoms with E-state index in [0.717, 1.165) is 73.4 Å². The summed E-state index contributed by atoms with van der Waals surface area (Å²) in [5, 5.41) is 89.9. The predicted molar refractivity (Wildman–Crippen MR) is 289 cm³/mol. The number of fused-ring (bicyclic) bond motifs is 4. The Balaban J connectivity index is 1.20. The third kappa shape index (κ3) is 7.75. The van der Waals surface area contributed by atoms with E-state index in [2.05, 4.69) is 113 Å². The van der Waals surface area contributed by atoms with Gasteiger partial charge in [-0.15, -0.1) is 0 Å². The van der Waals surface area contributed by atoms with Gasteiger partial charge >= 0.3 is 0 Å². The minimum absolute atomic E-state index is 0.135. The number of hydrogen-bond acceptors (Lipinski definition) is 9. The van der Waals surface area contributed by atoms with Gasteiger partial charge in [0, 0.05) is 58.6 Å². The van der Waals surface area contributed by atoms with Crippen LogP contribution in [0.1, 0.15) is 47.2 Å². The van der Waals surface area contributed by atoms with Crippen molar-refractivity contribution in [3.05, 3.63) is 209 Å². The van der Waals surface area contributed by atoms with Crippen LogP contribution in [0.2, 0.25) is 0 Å². The first-order chi connectivity index (χ1) is 35.1. The van der Waals surface area contributed by atoms with E-state index in [1.54, 1.807) is 36.2 Å². The maximum absolute atomic E-state index is 11.5. The maximum atomic E-state index is 11.5. The van der Waals surface area contributed by atoms with Gasteiger partial charge < -0.3 is 50.3 Å². The molecule has 366 valence electrons. The van der Waals surface area contributed by atoms with Crippen molar-refractivity contribution in [3.63, 3.8) is 0 Å². The van der Waals surface area contributed by atoms with Crippen LogP contribution in [0.3, 0.4) is 0 Å². The van der Waals surface area contributed by atoms with Crippen molar-refractivity contribution in [3.8, 4) is 50.9 Å². The van der Waals surface area contributed by atoms with Crippen molar-refractivity contribution in [1.82, 2.24) is 9.13 Å². The second-order valence-corrected chi connectivity index (χ2v) is 18.6. The number of phenolic OH excluding ortho intramolecular Hbond substituents is 4. The number of phenols is 4. The lowest BCUT2D eigenvalue weighted by Crippen LogP contribution is -2.42. The zero-order chi connectivity index (χ0) is 51.6. The van der Waals surface area contributed by atoms with E-state index in [1.807, 2.05) is 48.6 Å². The van der Waals surface area contributed by atoms with Crippen LogP contribution < -0.4 is 9.47 Å². The number of aromatic nitrogens is 3. The second kappa shape index (κ2) is 18.5. The fraction of sp³-hybridized carbons (Fsp3) is 0.131. The van der Waals surface area contributed by atoms with Crippen LogP contribution in [0.25, 0.3) is 66.5 Å². The highest BCUT2D eigenvalue weighted by Gasteiger charge is 2.37. The Morgan fingerprint density at radius 3 is 2.15 bits per heavy atom. The largest absolute Gasteiger partial charge is 0.509 e. The quantitative estimate of drug-likeness (QED) is 0.0206. The fourth-order valence-electron chi connectivity index (χ4n) is 10.7. The lowest BCUT2D eigenvalue weighted by molar-refractivity contribution is -0.688. The average molecular weight is 972 g/mol. The Morgan fingerprint density at radius 1 is 0.712 bits per heavy atom. The van der Waals surface area contributed by atoms with E-state index in [-0.39, 0.29) is 28.4 Å². The highest BCUT2D eigenvalue weighted by molar-refractivity contribution is 6.13. The van der Waals surface area contributed by atoms with E-state index < -0.39 is 52.5 Å². The van der Waals surface area contributed by atoms with Crippen LogP contribution in [0.15, 0.2) is 182 Å². The number of aliphatic hydroxyl groups is 4. The molecule has 0 saturated heterocycles. The molecule has 1 unspecified atom stereocenters. The van der Waals surface area contributed by atoms with Crippen LogP contribution >= 0.6 is 0 Å². The van der Waals surface area contributed by atoms with E-state index in [0.29, 0.717) is 17.7 Å². The molecule has 12 heteroatoms. The normalized spacial score (nSPS) is 14.9. The molecule has 0 bridgehead atoms. The van der Waals surface area contributed by atoms with Crippen LogP contribution in [0, 0.1) is 20.8 Å². The highest BCUT2D eigenvalue weighted by Crippen LogP contribution is 2.54. The van der Waals surface area contributed by atoms with Crippen molar-refractivity contribution < 1.29 is 45.4 Å². The smallest absolute Gasteiger partial charge is 0.250 e. The molecule has 9 aromatic rings. The molecule has 12 nitrogen and oxygen atoms in total. The minimum atomic E-state index is -0.949. The number of aliphatic hydroxyl groups excluding tert-OH is 4. The molecule has 1 aliphatic heterocycles. The van der Waals surface area contributed by atoms with Crippen LogP contribution in [0.5, 0.6) is 23.0 Å². The van der Waals surface area contributed by atoms with Crippen molar-refractivity contribution >= 4 is 49.9 Å². The topological polar surface area (TPSA) is 179 Å². The van der Waals surface area contributed by atoms with Crippen molar-refractivity contribution in [2.75, 3.05) is 11.9 Å². The van der Waals surface area contributed by atoms with Crippen molar-refractivity contribution in [2.45, 2.75) is 46.6 Å². The van der Waals surface area contributed by atoms with Crippen LogP contribution in [-0.4, -0.2) is 57.0 Å². The SMILES string of the molecule is C=C/C=C\C=C1/CC([n+]2cn(-c3ccccc3N(C)c3c(C/C(O)=C(O)\C(O)=C(/C)O)cccc3-c3c(O)c(O)c(C)c(O)c3O)c3cccc(C)c32)c2c(C)ccc3c4cc(-c5ccccc5)ccc4n1c23. The number of imidazole rings is 1. The standard InChI is InChI=1S/C61H54N4O8/c1-7-8-10-21-41-32-49(51-34(2)26-28-42-44-30-39(38-18-11-9-12-19-38)27-29-45(44)65(41)55(42)51)64-33-63(48-25-15-17-35(3)53(48)64)47-24-14-13-23-46(47)62(6)54-40(31-50(67)59(71)58(70)37(5)66)20-16-22-43(54)52-60(72)56(68)36(4)57(69)61(52)73/h7-30,33,49H,1,31-32H2,2-6H3,(H7-,66,67,68,69,70,71,72,73)/p+1/b10-8-,41-21+,58-37-,59-50-. The summed E-state index contributed by atoms with van der Waals surface area (Å²) in [7, 11) is 1.77. The van der Waals surface area contributed by atoms with Gasteiger partial charge in [-0.05, 0) is 86.4 Å². The summed E-state index contributed by atoms with van der Waals surface area (Å²) in [4.78, 5) is 1.80. The molecule has 8 N–H and O–H groups in total. The summed E-state index contributed by atoms with van der Waals surface area (Å²) in [6, 6.07) is 40.2. The molecule has 10 rings (SSSR count). The van der Waals surface area contributed by atoms with Crippen LogP contribution in [0.4, 0.5) is 11.4 Å². The Morgan fingerprint density at radius 2 is 1.42 bits per heavy atom. The van der Waals surface area contributed by atoms with Crippen LogP contribution in [-0.2, 0) is 6.42 Å². The van der Waals surface area contributed by atoms with Gasteiger partial charge in [-0.25, -0.2) is 4.57 Å². The van der Waals surface area contributed by atoms with Gasteiger partial charge in [0.2, 0.25) is 0 Å². The minimum Gasteiger partial charge on any atom is -0.509 e. The molecule has 0 spiro atoms. The summed E-state index contributed by atoms with van der Waals surface area (Å²) in [6.07, 6.45) is 10.3. The van der Waals surface area contributed by atoms with Gasteiger partial charge in [-0.1, -0.05) is 116 Å². The first-order valence-corrected chi connectivity index (χ1v) is 23.9. The van der Waals surface area contributed by atoms with E-state index in [1.165, 1.54) is 12.5 Å². The molecule has 73 heavy (non-hydrogen) atoms. The molecule has 1 atom stereocenters. The number of aromatic hydroxyl groups is 4. The van der Waals surface area contributed by atoms with Crippen molar-refractivity contribution in [1.29, 1.82) is 0 Å². The Kier molecular flexibility index (Phi) is 12.0. The third-order valence-electron chi connectivity index (χ3n) is 14.2. The molecule has 0 amide bonds. The zero-order valence-electron chi connectivity index (χ0n) is 41.0. The number of aryl methyl sites for hydroxylation is 2. The monoisotopic (exact) mass is 971 g/mol. The zero-order valence-corrected chi connectivity index (χ0v) is 41.0. The van der Waals surface area contributed by atoms with Crippen molar-refractivity contribution in [2.24, 2.45) is 0 Å². The second-order valence-electron chi connectivity index (χ2n) is 18.6. The van der Waals surface area contributed by atoms with E-state index in [9.17, 15) is 40.9 Å². The first-order valence-electron chi connectivity index (χ1n) is 23.9. The van der Waals surface area contributed by atoms with E-state index in [4.69, 9.17) is 0 Å². The molecule has 0 radical (unpaired) electrons. The third-order valence-corrected chi connectivity index (χ3v) is 14.2. The fourth-order valence-corrected chi connectivity index (χ4v) is 10.7. The summed E-state index contributed by atoms with van der Waals surface area (Å²) < 4.78 is 6.92. The van der Waals surface area contributed by atoms with Gasteiger partial charge in [-0.2, -0.15) is 4.57 Å². The summed E-state index contributed by atoms with van der Waals surface area (Å²) in [5.74, 6) is -5.84. The number of allylic oxidation sites excluding steroid dienone is 7. The average Bonchev–Trinajstić information content (AvgIpc) is 3.95. The Labute approximate surface area is 421 Å². The van der Waals surface area contributed by atoms with Gasteiger partial charge in [-0.3, -0.25) is 0 Å². The Hall–Kier alpha value is -9.29. The predicted octanol–water partition coefficient (Wildman–Crippen LogP) is 13.7. The molecular weight excluding hydrogens is 917 g/mol. The summed E-state index contributed by atoms with van der Waals surface area (Å²) in [6.45, 7) is 10.7. The highest BCUT2D eigenvalue weighted by atomic mass is 16.3. The van der Waals surface area contributed by atoms with Gasteiger partial charge in [0.15, 0.2) is 51.2 Å². The first kappa shape index (κ1) is 47.4. The summed E-state index contributed by atoms with van der Waals surface area (Å²) in [5.41, 5.74) is 12.7. The summed E-state index contributed by atoms with van der Waals surface area (Å²) >= 11 is 0. The number of hydrogen-bond donors (Lipinski definition) is 8. The lowest BCUT2D eigenvalue weighted by Gasteiger charge is -2.28. The molecule has 7 aromatic carbocycles. The Bertz CT molecular complexity index is 3840. The number of anilines is 2. The van der Waals surface area contributed by atoms with E-state index >= 15 is 0 Å². The lowest BCUT2D eigenvalue weighted by atomic mass is 9.91. The van der Waals surface area contributed by atoms with Gasteiger partial charge in [0.25, 0.3) is 6.33 Å². The van der Waals surface area contributed by atoms with Gasteiger partial charge in [0.05, 0.1) is 28.0 Å². The van der Waals surface area contributed by atoms with Gasteiger partial charge in [0.1, 0.15) is 17.6 Å².